The van der Waals surface area contributed by atoms with Gasteiger partial charge in [-0.05, 0) is 53.8 Å². The average Bonchev–Trinajstić information content (AvgIpc) is 2.50. The lowest BCUT2D eigenvalue weighted by atomic mass is 9.55. The monoisotopic (exact) mass is 206 g/mol. The van der Waals surface area contributed by atoms with Gasteiger partial charge in [-0.25, -0.2) is 0 Å². The lowest BCUT2D eigenvalue weighted by molar-refractivity contribution is -0.00336. The van der Waals surface area contributed by atoms with Gasteiger partial charge in [0.25, 0.3) is 0 Å². The van der Waals surface area contributed by atoms with Crippen molar-refractivity contribution in [3.8, 4) is 0 Å². The normalized spacial score (nSPS) is 56.8. The van der Waals surface area contributed by atoms with Crippen molar-refractivity contribution in [1.29, 1.82) is 0 Å². The molecule has 2 unspecified atom stereocenters. The molecule has 0 amide bonds. The molecule has 4 atom stereocenters. The fourth-order valence-electron chi connectivity index (χ4n) is 6.29. The van der Waals surface area contributed by atoms with Crippen LogP contribution in [0, 0.1) is 28.1 Å². The maximum Gasteiger partial charge on any atom is -0.0210 e. The summed E-state index contributed by atoms with van der Waals surface area (Å²) in [5, 5.41) is 0. The molecule has 0 aromatic heterocycles. The molecule has 0 N–H and O–H groups in total. The summed E-state index contributed by atoms with van der Waals surface area (Å²) in [6.45, 7) is 10.2. The fraction of sp³-hybridized carbons (Fsp3) is 1.00. The van der Waals surface area contributed by atoms with Gasteiger partial charge in [0.2, 0.25) is 0 Å². The minimum atomic E-state index is 0.631. The van der Waals surface area contributed by atoms with E-state index in [0.29, 0.717) is 10.8 Å². The van der Waals surface area contributed by atoms with Crippen LogP contribution in [-0.4, -0.2) is 0 Å². The Labute approximate surface area is 94.8 Å². The molecule has 3 aliphatic carbocycles. The Morgan fingerprint density at radius 2 is 1.73 bits per heavy atom. The average molecular weight is 206 g/mol. The highest BCUT2D eigenvalue weighted by atomic mass is 14.7. The van der Waals surface area contributed by atoms with Crippen molar-refractivity contribution in [2.24, 2.45) is 28.1 Å². The van der Waals surface area contributed by atoms with Gasteiger partial charge in [-0.3, -0.25) is 0 Å². The zero-order chi connectivity index (χ0) is 10.9. The van der Waals surface area contributed by atoms with Crippen molar-refractivity contribution in [1.82, 2.24) is 0 Å². The second kappa shape index (κ2) is 2.63. The molecular weight excluding hydrogens is 180 g/mol. The van der Waals surface area contributed by atoms with E-state index in [9.17, 15) is 0 Å². The highest BCUT2D eigenvalue weighted by Crippen LogP contribution is 2.77. The zero-order valence-corrected chi connectivity index (χ0v) is 10.9. The Morgan fingerprint density at radius 1 is 1.00 bits per heavy atom. The minimum absolute atomic E-state index is 0.631. The van der Waals surface area contributed by atoms with Crippen molar-refractivity contribution < 1.29 is 0 Å². The third-order valence-corrected chi connectivity index (χ3v) is 6.78. The van der Waals surface area contributed by atoms with E-state index >= 15 is 0 Å². The molecule has 3 saturated carbocycles. The first-order chi connectivity index (χ1) is 6.92. The van der Waals surface area contributed by atoms with E-state index < -0.39 is 0 Å². The van der Waals surface area contributed by atoms with Gasteiger partial charge in [0.05, 0.1) is 0 Å². The Balaban J connectivity index is 2.10. The van der Waals surface area contributed by atoms with Crippen LogP contribution in [0.2, 0.25) is 0 Å². The highest BCUT2D eigenvalue weighted by molar-refractivity contribution is 5.18. The van der Waals surface area contributed by atoms with E-state index in [1.165, 1.54) is 32.1 Å². The van der Waals surface area contributed by atoms with Crippen molar-refractivity contribution >= 4 is 0 Å². The van der Waals surface area contributed by atoms with Crippen molar-refractivity contribution in [2.45, 2.75) is 66.2 Å². The van der Waals surface area contributed by atoms with Crippen LogP contribution in [0.4, 0.5) is 0 Å². The predicted octanol–water partition coefficient (Wildman–Crippen LogP) is 4.64. The molecule has 0 radical (unpaired) electrons. The molecule has 0 nitrogen and oxygen atoms in total. The largest absolute Gasteiger partial charge is 0.0620 e. The van der Waals surface area contributed by atoms with Gasteiger partial charge in [0, 0.05) is 0 Å². The Morgan fingerprint density at radius 3 is 2.33 bits per heavy atom. The second-order valence-electron chi connectivity index (χ2n) is 7.62. The summed E-state index contributed by atoms with van der Waals surface area (Å²) in [7, 11) is 0. The van der Waals surface area contributed by atoms with Gasteiger partial charge >= 0.3 is 0 Å². The Kier molecular flexibility index (Phi) is 1.78. The molecule has 3 rings (SSSR count). The van der Waals surface area contributed by atoms with Gasteiger partial charge in [0.15, 0.2) is 0 Å². The molecule has 15 heavy (non-hydrogen) atoms. The smallest absolute Gasteiger partial charge is 0.0210 e. The summed E-state index contributed by atoms with van der Waals surface area (Å²) in [6.07, 6.45) is 9.09. The Bertz CT molecular complexity index is 290. The topological polar surface area (TPSA) is 0 Å². The van der Waals surface area contributed by atoms with Crippen LogP contribution in [0.3, 0.4) is 0 Å². The first kappa shape index (κ1) is 10.2. The molecule has 0 aliphatic heterocycles. The maximum absolute atomic E-state index is 2.63. The molecule has 0 aromatic carbocycles. The number of rotatable bonds is 0. The van der Waals surface area contributed by atoms with Gasteiger partial charge in [-0.1, -0.05) is 40.5 Å². The summed E-state index contributed by atoms with van der Waals surface area (Å²) in [4.78, 5) is 0. The van der Waals surface area contributed by atoms with Gasteiger partial charge < -0.3 is 0 Å². The number of hydrogen-bond acceptors (Lipinski definition) is 0. The Hall–Kier alpha value is 0. The highest BCUT2D eigenvalue weighted by Gasteiger charge is 2.69. The first-order valence-electron chi connectivity index (χ1n) is 6.92. The second-order valence-corrected chi connectivity index (χ2v) is 7.62. The third-order valence-electron chi connectivity index (χ3n) is 6.78. The molecule has 0 heterocycles. The molecule has 0 saturated heterocycles. The van der Waals surface area contributed by atoms with E-state index in [2.05, 4.69) is 27.7 Å². The zero-order valence-electron chi connectivity index (χ0n) is 10.9. The van der Waals surface area contributed by atoms with Crippen molar-refractivity contribution in [2.75, 3.05) is 0 Å². The molecule has 0 aromatic rings. The third kappa shape index (κ3) is 0.953. The fourth-order valence-corrected chi connectivity index (χ4v) is 6.29. The molecule has 3 aliphatic rings. The van der Waals surface area contributed by atoms with E-state index in [1.54, 1.807) is 6.42 Å². The molecule has 2 bridgehead atoms. The van der Waals surface area contributed by atoms with Crippen LogP contribution in [-0.2, 0) is 0 Å². The SMILES string of the molecule is CC1CCC[C@@]2(C)[C@@H]3CCC12CC3(C)C. The van der Waals surface area contributed by atoms with Crippen LogP contribution < -0.4 is 0 Å². The predicted molar refractivity (Wildman–Crippen MR) is 64.7 cm³/mol. The van der Waals surface area contributed by atoms with E-state index in [0.717, 1.165) is 17.3 Å². The molecular formula is C15H26. The molecule has 0 spiro atoms. The maximum atomic E-state index is 2.63. The summed E-state index contributed by atoms with van der Waals surface area (Å²) in [5.74, 6) is 2.01. The van der Waals surface area contributed by atoms with Crippen LogP contribution >= 0.6 is 0 Å². The van der Waals surface area contributed by atoms with Gasteiger partial charge in [-0.2, -0.15) is 0 Å². The van der Waals surface area contributed by atoms with Crippen LogP contribution in [0.1, 0.15) is 66.2 Å². The van der Waals surface area contributed by atoms with E-state index in [-0.39, 0.29) is 0 Å². The van der Waals surface area contributed by atoms with Crippen molar-refractivity contribution in [3.63, 3.8) is 0 Å². The van der Waals surface area contributed by atoms with Gasteiger partial charge in [-0.15, -0.1) is 0 Å². The van der Waals surface area contributed by atoms with Crippen LogP contribution in [0.5, 0.6) is 0 Å². The molecule has 86 valence electrons. The lowest BCUT2D eigenvalue weighted by Crippen LogP contribution is -2.41. The van der Waals surface area contributed by atoms with Gasteiger partial charge in [0.1, 0.15) is 0 Å². The summed E-state index contributed by atoms with van der Waals surface area (Å²) >= 11 is 0. The molecule has 3 fully saturated rings. The number of hydrogen-bond donors (Lipinski definition) is 0. The lowest BCUT2D eigenvalue weighted by Gasteiger charge is -2.49. The summed E-state index contributed by atoms with van der Waals surface area (Å²) in [6, 6.07) is 0. The molecule has 0 heteroatoms. The van der Waals surface area contributed by atoms with E-state index in [4.69, 9.17) is 0 Å². The van der Waals surface area contributed by atoms with Crippen molar-refractivity contribution in [3.05, 3.63) is 0 Å². The summed E-state index contributed by atoms with van der Waals surface area (Å²) < 4.78 is 0. The summed E-state index contributed by atoms with van der Waals surface area (Å²) in [5.41, 5.74) is 2.07. The quantitative estimate of drug-likeness (QED) is 0.541. The standard InChI is InChI=1S/C15H26/c1-11-6-5-8-14(4)12-7-9-15(11,14)10-13(12,2)3/h11-12H,5-10H2,1-4H3/t11?,12-,14+,15?/m1/s1. The first-order valence-corrected chi connectivity index (χ1v) is 6.92. The van der Waals surface area contributed by atoms with E-state index in [1.807, 2.05) is 0 Å². The van der Waals surface area contributed by atoms with Crippen LogP contribution in [0.15, 0.2) is 0 Å². The van der Waals surface area contributed by atoms with Crippen LogP contribution in [0.25, 0.3) is 0 Å². The minimum Gasteiger partial charge on any atom is -0.0620 e.